The van der Waals surface area contributed by atoms with Crippen molar-refractivity contribution in [2.45, 2.75) is 20.4 Å². The monoisotopic (exact) mass is 433 g/mol. The quantitative estimate of drug-likeness (QED) is 0.408. The lowest BCUT2D eigenvalue weighted by Gasteiger charge is -2.17. The van der Waals surface area contributed by atoms with Gasteiger partial charge in [0.1, 0.15) is 5.75 Å². The van der Waals surface area contributed by atoms with Gasteiger partial charge in [-0.2, -0.15) is 0 Å². The van der Waals surface area contributed by atoms with Crippen LogP contribution in [-0.2, 0) is 11.3 Å². The maximum atomic E-state index is 12.6. The summed E-state index contributed by atoms with van der Waals surface area (Å²) in [4.78, 5) is 33.4. The number of hydrogen-bond donors (Lipinski definition) is 0. The Labute approximate surface area is 184 Å². The number of thiazole rings is 1. The minimum absolute atomic E-state index is 0.0471. The van der Waals surface area contributed by atoms with Crippen LogP contribution in [-0.4, -0.2) is 39.6 Å². The molecule has 0 fully saturated rings. The van der Waals surface area contributed by atoms with Crippen molar-refractivity contribution < 1.29 is 14.3 Å². The molecule has 0 spiro atoms. The number of benzene rings is 2. The molecule has 0 aliphatic rings. The number of aromatic nitrogens is 2. The first-order valence-corrected chi connectivity index (χ1v) is 10.7. The van der Waals surface area contributed by atoms with E-state index in [9.17, 15) is 9.59 Å². The summed E-state index contributed by atoms with van der Waals surface area (Å²) >= 11 is 1.63. The molecule has 7 heteroatoms. The molecule has 2 aromatic heterocycles. The van der Waals surface area contributed by atoms with Crippen molar-refractivity contribution in [1.82, 2.24) is 14.3 Å². The summed E-state index contributed by atoms with van der Waals surface area (Å²) in [5.41, 5.74) is 3.14. The Bertz CT molecular complexity index is 1230. The summed E-state index contributed by atoms with van der Waals surface area (Å²) in [5, 5.41) is 0. The molecule has 4 aromatic rings. The molecular formula is C24H23N3O3S. The third kappa shape index (κ3) is 4.51. The van der Waals surface area contributed by atoms with E-state index < -0.39 is 0 Å². The van der Waals surface area contributed by atoms with E-state index in [2.05, 4.69) is 4.98 Å². The first-order valence-electron chi connectivity index (χ1n) is 9.93. The molecule has 158 valence electrons. The zero-order valence-corrected chi connectivity index (χ0v) is 18.5. The highest BCUT2D eigenvalue weighted by Crippen LogP contribution is 2.22. The van der Waals surface area contributed by atoms with Crippen LogP contribution in [0.4, 0.5) is 0 Å². The minimum Gasteiger partial charge on any atom is -0.484 e. The molecule has 4 rings (SSSR count). The van der Waals surface area contributed by atoms with E-state index in [1.54, 1.807) is 59.7 Å². The second-order valence-electron chi connectivity index (χ2n) is 7.40. The van der Waals surface area contributed by atoms with Crippen molar-refractivity contribution >= 4 is 28.0 Å². The van der Waals surface area contributed by atoms with Crippen molar-refractivity contribution in [3.05, 3.63) is 88.2 Å². The number of hydrogen-bond acceptors (Lipinski definition) is 5. The van der Waals surface area contributed by atoms with Crippen LogP contribution in [0.25, 0.3) is 4.96 Å². The van der Waals surface area contributed by atoms with E-state index in [1.807, 2.05) is 42.6 Å². The number of carbonyl (C=O) groups is 2. The number of amides is 1. The number of rotatable bonds is 7. The lowest BCUT2D eigenvalue weighted by molar-refractivity contribution is -0.132. The fourth-order valence-electron chi connectivity index (χ4n) is 3.33. The molecule has 0 unspecified atom stereocenters. The van der Waals surface area contributed by atoms with E-state index in [-0.39, 0.29) is 18.3 Å². The van der Waals surface area contributed by atoms with Gasteiger partial charge < -0.3 is 9.64 Å². The number of ketones is 1. The van der Waals surface area contributed by atoms with Crippen LogP contribution in [0.5, 0.6) is 5.75 Å². The van der Waals surface area contributed by atoms with Crippen molar-refractivity contribution in [3.63, 3.8) is 0 Å². The van der Waals surface area contributed by atoms with Crippen LogP contribution in [0.15, 0.2) is 60.8 Å². The van der Waals surface area contributed by atoms with Gasteiger partial charge in [-0.05, 0) is 38.1 Å². The molecule has 0 atom stereocenters. The second kappa shape index (κ2) is 8.73. The summed E-state index contributed by atoms with van der Waals surface area (Å²) < 4.78 is 7.69. The van der Waals surface area contributed by atoms with Gasteiger partial charge in [-0.25, -0.2) is 4.98 Å². The Balaban J connectivity index is 1.36. The normalized spacial score (nSPS) is 10.9. The molecule has 0 aliphatic heterocycles. The van der Waals surface area contributed by atoms with E-state index >= 15 is 0 Å². The molecule has 0 N–H and O–H groups in total. The zero-order chi connectivity index (χ0) is 22.0. The average molecular weight is 434 g/mol. The number of likely N-dealkylation sites (N-methyl/N-ethyl adjacent to an activating group) is 1. The summed E-state index contributed by atoms with van der Waals surface area (Å²) in [6.07, 6.45) is 2.04. The summed E-state index contributed by atoms with van der Waals surface area (Å²) in [6, 6.07) is 16.0. The average Bonchev–Trinajstić information content (AvgIpc) is 3.27. The van der Waals surface area contributed by atoms with Crippen LogP contribution in [0.2, 0.25) is 0 Å². The number of ether oxygens (including phenoxy) is 1. The van der Waals surface area contributed by atoms with Gasteiger partial charge in [-0.1, -0.05) is 30.3 Å². The van der Waals surface area contributed by atoms with Crippen LogP contribution in [0.3, 0.4) is 0 Å². The van der Waals surface area contributed by atoms with Gasteiger partial charge in [-0.15, -0.1) is 11.3 Å². The molecular weight excluding hydrogens is 410 g/mol. The number of imidazole rings is 1. The molecule has 1 amide bonds. The van der Waals surface area contributed by atoms with Crippen LogP contribution < -0.4 is 4.74 Å². The molecule has 0 aliphatic carbocycles. The smallest absolute Gasteiger partial charge is 0.260 e. The van der Waals surface area contributed by atoms with Crippen molar-refractivity contribution in [2.24, 2.45) is 0 Å². The topological polar surface area (TPSA) is 63.9 Å². The predicted octanol–water partition coefficient (Wildman–Crippen LogP) is 4.28. The first kappa shape index (κ1) is 20.8. The van der Waals surface area contributed by atoms with Gasteiger partial charge in [0.2, 0.25) is 0 Å². The van der Waals surface area contributed by atoms with E-state index in [0.29, 0.717) is 23.4 Å². The standard InChI is InChI=1S/C24H23N3O3S/c1-16-13-27-21(17(2)25-24(27)31-16)14-26(3)22(28)15-30-20-11-9-19(10-12-20)23(29)18-7-5-4-6-8-18/h4-13H,14-15H2,1-3H3. The third-order valence-corrected chi connectivity index (χ3v) is 5.97. The summed E-state index contributed by atoms with van der Waals surface area (Å²) in [6.45, 7) is 4.37. The van der Waals surface area contributed by atoms with Gasteiger partial charge in [0, 0.05) is 29.2 Å². The molecule has 0 bridgehead atoms. The highest BCUT2D eigenvalue weighted by atomic mass is 32.1. The lowest BCUT2D eigenvalue weighted by atomic mass is 10.0. The van der Waals surface area contributed by atoms with Crippen molar-refractivity contribution in [1.29, 1.82) is 0 Å². The Morgan fingerprint density at radius 2 is 1.71 bits per heavy atom. The Morgan fingerprint density at radius 3 is 2.42 bits per heavy atom. The third-order valence-electron chi connectivity index (χ3n) is 5.07. The van der Waals surface area contributed by atoms with Gasteiger partial charge >= 0.3 is 0 Å². The van der Waals surface area contributed by atoms with Gasteiger partial charge in [0.05, 0.1) is 17.9 Å². The number of carbonyl (C=O) groups excluding carboxylic acids is 2. The van der Waals surface area contributed by atoms with Crippen molar-refractivity contribution in [2.75, 3.05) is 13.7 Å². The van der Waals surface area contributed by atoms with E-state index in [1.165, 1.54) is 4.88 Å². The molecule has 6 nitrogen and oxygen atoms in total. The maximum Gasteiger partial charge on any atom is 0.260 e. The largest absolute Gasteiger partial charge is 0.484 e. The molecule has 2 heterocycles. The fraction of sp³-hybridized carbons (Fsp3) is 0.208. The molecule has 0 saturated carbocycles. The lowest BCUT2D eigenvalue weighted by Crippen LogP contribution is -2.31. The summed E-state index contributed by atoms with van der Waals surface area (Å²) in [5.74, 6) is 0.364. The van der Waals surface area contributed by atoms with E-state index in [4.69, 9.17) is 4.74 Å². The zero-order valence-electron chi connectivity index (χ0n) is 17.7. The Kier molecular flexibility index (Phi) is 5.86. The van der Waals surface area contributed by atoms with Gasteiger partial charge in [-0.3, -0.25) is 14.0 Å². The Morgan fingerprint density at radius 1 is 1.03 bits per heavy atom. The number of nitrogens with zero attached hydrogens (tertiary/aromatic N) is 3. The second-order valence-corrected chi connectivity index (χ2v) is 8.61. The fourth-order valence-corrected chi connectivity index (χ4v) is 4.22. The SMILES string of the molecule is Cc1cn2c(CN(C)C(=O)COc3ccc(C(=O)c4ccccc4)cc3)c(C)nc2s1. The van der Waals surface area contributed by atoms with Gasteiger partial charge in [0.25, 0.3) is 5.91 Å². The predicted molar refractivity (Wildman–Crippen MR) is 121 cm³/mol. The Hall–Kier alpha value is -3.45. The first-order chi connectivity index (χ1) is 14.9. The number of aryl methyl sites for hydroxylation is 2. The maximum absolute atomic E-state index is 12.6. The summed E-state index contributed by atoms with van der Waals surface area (Å²) in [7, 11) is 1.76. The van der Waals surface area contributed by atoms with Crippen LogP contribution >= 0.6 is 11.3 Å². The van der Waals surface area contributed by atoms with E-state index in [0.717, 1.165) is 16.3 Å². The highest BCUT2D eigenvalue weighted by molar-refractivity contribution is 7.17. The molecule has 0 saturated heterocycles. The van der Waals surface area contributed by atoms with Crippen LogP contribution in [0, 0.1) is 13.8 Å². The number of fused-ring (bicyclic) bond motifs is 1. The van der Waals surface area contributed by atoms with Crippen LogP contribution in [0.1, 0.15) is 32.2 Å². The minimum atomic E-state index is -0.134. The van der Waals surface area contributed by atoms with Gasteiger partial charge in [0.15, 0.2) is 17.4 Å². The molecule has 2 aromatic carbocycles. The molecule has 31 heavy (non-hydrogen) atoms. The molecule has 0 radical (unpaired) electrons. The van der Waals surface area contributed by atoms with Crippen molar-refractivity contribution in [3.8, 4) is 5.75 Å². The highest BCUT2D eigenvalue weighted by Gasteiger charge is 2.17.